The van der Waals surface area contributed by atoms with Gasteiger partial charge < -0.3 is 10.5 Å². The molecular weight excluding hydrogens is 268 g/mol. The van der Waals surface area contributed by atoms with Crippen molar-refractivity contribution in [2.24, 2.45) is 0 Å². The molecule has 0 spiro atoms. The predicted octanol–water partition coefficient (Wildman–Crippen LogP) is 0.230. The second-order valence-electron chi connectivity index (χ2n) is 4.21. The zero-order valence-corrected chi connectivity index (χ0v) is 11.5. The number of pyridine rings is 1. The highest BCUT2D eigenvalue weighted by atomic mass is 32.2. The van der Waals surface area contributed by atoms with Gasteiger partial charge in [0.05, 0.1) is 6.61 Å². The summed E-state index contributed by atoms with van der Waals surface area (Å²) in [4.78, 5) is 4.02. The molecule has 19 heavy (non-hydrogen) atoms. The summed E-state index contributed by atoms with van der Waals surface area (Å²) < 4.78 is 33.5. The van der Waals surface area contributed by atoms with E-state index in [1.54, 1.807) is 31.3 Å². The van der Waals surface area contributed by atoms with Gasteiger partial charge in [0.1, 0.15) is 5.65 Å². The van der Waals surface area contributed by atoms with E-state index in [2.05, 4.69) is 9.71 Å². The number of fused-ring (bicyclic) bond motifs is 1. The monoisotopic (exact) mass is 284 g/mol. The van der Waals surface area contributed by atoms with Crippen molar-refractivity contribution < 1.29 is 13.2 Å². The van der Waals surface area contributed by atoms with Crippen LogP contribution in [0.3, 0.4) is 0 Å². The van der Waals surface area contributed by atoms with Gasteiger partial charge in [-0.15, -0.1) is 0 Å². The van der Waals surface area contributed by atoms with Gasteiger partial charge >= 0.3 is 0 Å². The number of hydrogen-bond acceptors (Lipinski definition) is 5. The smallest absolute Gasteiger partial charge is 0.260 e. The van der Waals surface area contributed by atoms with Crippen LogP contribution in [0.1, 0.15) is 6.92 Å². The molecule has 0 fully saturated rings. The SMILES string of the molecule is COCC(C)NS(=O)(=O)c1c(N)nc2ccccn12. The van der Waals surface area contributed by atoms with Gasteiger partial charge in [-0.3, -0.25) is 4.40 Å². The normalized spacial score (nSPS) is 13.8. The fraction of sp³-hybridized carbons (Fsp3) is 0.364. The van der Waals surface area contributed by atoms with Gasteiger partial charge in [-0.2, -0.15) is 0 Å². The van der Waals surface area contributed by atoms with Gasteiger partial charge in [-0.1, -0.05) is 6.07 Å². The first kappa shape index (κ1) is 13.8. The summed E-state index contributed by atoms with van der Waals surface area (Å²) >= 11 is 0. The fourth-order valence-electron chi connectivity index (χ4n) is 1.86. The maximum absolute atomic E-state index is 12.3. The van der Waals surface area contributed by atoms with Crippen LogP contribution in [-0.2, 0) is 14.8 Å². The van der Waals surface area contributed by atoms with Gasteiger partial charge in [-0.05, 0) is 19.1 Å². The molecule has 104 valence electrons. The lowest BCUT2D eigenvalue weighted by Crippen LogP contribution is -2.36. The molecule has 0 aromatic carbocycles. The number of hydrogen-bond donors (Lipinski definition) is 2. The van der Waals surface area contributed by atoms with Gasteiger partial charge in [0.15, 0.2) is 10.8 Å². The Balaban J connectivity index is 2.46. The first-order valence-electron chi connectivity index (χ1n) is 5.69. The topological polar surface area (TPSA) is 98.7 Å². The van der Waals surface area contributed by atoms with Crippen LogP contribution in [0, 0.1) is 0 Å². The summed E-state index contributed by atoms with van der Waals surface area (Å²) in [6, 6.07) is 4.81. The fourth-order valence-corrected chi connectivity index (χ4v) is 3.31. The molecule has 0 bridgehead atoms. The van der Waals surface area contributed by atoms with Crippen molar-refractivity contribution in [2.75, 3.05) is 19.5 Å². The number of anilines is 1. The maximum atomic E-state index is 12.3. The summed E-state index contributed by atoms with van der Waals surface area (Å²) in [7, 11) is -2.24. The summed E-state index contributed by atoms with van der Waals surface area (Å²) in [6.45, 7) is 1.98. The molecule has 8 heteroatoms. The van der Waals surface area contributed by atoms with Gasteiger partial charge in [0.25, 0.3) is 10.0 Å². The standard InChI is InChI=1S/C11H16N4O3S/c1-8(7-18-2)14-19(16,17)11-10(12)13-9-5-3-4-6-15(9)11/h3-6,8,14H,7,12H2,1-2H3. The molecule has 2 rings (SSSR count). The zero-order valence-electron chi connectivity index (χ0n) is 10.7. The molecule has 3 N–H and O–H groups in total. The lowest BCUT2D eigenvalue weighted by atomic mass is 10.4. The minimum absolute atomic E-state index is 0.0247. The Bertz CT molecular complexity index is 680. The van der Waals surface area contributed by atoms with Crippen LogP contribution in [0.2, 0.25) is 0 Å². The van der Waals surface area contributed by atoms with Crippen LogP contribution >= 0.6 is 0 Å². The average molecular weight is 284 g/mol. The molecule has 2 aromatic heterocycles. The van der Waals surface area contributed by atoms with E-state index in [1.165, 1.54) is 11.5 Å². The van der Waals surface area contributed by atoms with Crippen molar-refractivity contribution >= 4 is 21.5 Å². The number of aromatic nitrogens is 2. The molecule has 2 heterocycles. The summed E-state index contributed by atoms with van der Waals surface area (Å²) in [5.41, 5.74) is 6.19. The van der Waals surface area contributed by atoms with Crippen molar-refractivity contribution in [1.82, 2.24) is 14.1 Å². The Kier molecular flexibility index (Phi) is 3.74. The average Bonchev–Trinajstić information content (AvgIpc) is 2.64. The molecule has 0 radical (unpaired) electrons. The van der Waals surface area contributed by atoms with Gasteiger partial charge in [-0.25, -0.2) is 18.1 Å². The van der Waals surface area contributed by atoms with E-state index in [-0.39, 0.29) is 23.5 Å². The molecule has 1 atom stereocenters. The number of imidazole rings is 1. The highest BCUT2D eigenvalue weighted by Crippen LogP contribution is 2.19. The summed E-state index contributed by atoms with van der Waals surface area (Å²) in [6.07, 6.45) is 1.61. The van der Waals surface area contributed by atoms with Crippen LogP contribution in [0.4, 0.5) is 5.82 Å². The summed E-state index contributed by atoms with van der Waals surface area (Å²) in [5.74, 6) is -0.0247. The van der Waals surface area contributed by atoms with Crippen molar-refractivity contribution in [3.8, 4) is 0 Å². The lowest BCUT2D eigenvalue weighted by Gasteiger charge is -2.13. The highest BCUT2D eigenvalue weighted by Gasteiger charge is 2.25. The largest absolute Gasteiger partial charge is 0.383 e. The van der Waals surface area contributed by atoms with E-state index in [4.69, 9.17) is 10.5 Å². The lowest BCUT2D eigenvalue weighted by molar-refractivity contribution is 0.180. The van der Waals surface area contributed by atoms with E-state index in [1.807, 2.05) is 0 Å². The predicted molar refractivity (Wildman–Crippen MR) is 71.3 cm³/mol. The van der Waals surface area contributed by atoms with Crippen molar-refractivity contribution in [3.63, 3.8) is 0 Å². The van der Waals surface area contributed by atoms with E-state index >= 15 is 0 Å². The number of ether oxygens (including phenoxy) is 1. The first-order chi connectivity index (χ1) is 8.95. The molecule has 7 nitrogen and oxygen atoms in total. The molecule has 0 aliphatic carbocycles. The number of nitrogen functional groups attached to an aromatic ring is 1. The molecule has 2 aromatic rings. The Morgan fingerprint density at radius 2 is 2.26 bits per heavy atom. The van der Waals surface area contributed by atoms with Crippen molar-refractivity contribution in [1.29, 1.82) is 0 Å². The third-order valence-electron chi connectivity index (χ3n) is 2.54. The molecular formula is C11H16N4O3S. The van der Waals surface area contributed by atoms with E-state index in [0.29, 0.717) is 5.65 Å². The quantitative estimate of drug-likeness (QED) is 0.819. The number of nitrogens with two attached hydrogens (primary N) is 1. The summed E-state index contributed by atoms with van der Waals surface area (Å²) in [5, 5.41) is -0.0500. The number of nitrogens with one attached hydrogen (secondary N) is 1. The molecule has 0 saturated heterocycles. The van der Waals surface area contributed by atoms with Crippen LogP contribution in [0.25, 0.3) is 5.65 Å². The Morgan fingerprint density at radius 3 is 2.95 bits per heavy atom. The van der Waals surface area contributed by atoms with Gasteiger partial charge in [0.2, 0.25) is 0 Å². The number of nitrogens with zero attached hydrogens (tertiary/aromatic N) is 2. The molecule has 0 aliphatic rings. The third-order valence-corrected chi connectivity index (χ3v) is 4.17. The van der Waals surface area contributed by atoms with Crippen molar-refractivity contribution in [2.45, 2.75) is 18.0 Å². The number of methoxy groups -OCH3 is 1. The van der Waals surface area contributed by atoms with E-state index < -0.39 is 10.0 Å². The van der Waals surface area contributed by atoms with Crippen LogP contribution in [0.5, 0.6) is 0 Å². The van der Waals surface area contributed by atoms with Crippen LogP contribution in [0.15, 0.2) is 29.4 Å². The maximum Gasteiger partial charge on any atom is 0.260 e. The highest BCUT2D eigenvalue weighted by molar-refractivity contribution is 7.89. The zero-order chi connectivity index (χ0) is 14.0. The molecule has 1 unspecified atom stereocenters. The Hall–Kier alpha value is -1.64. The Labute approximate surface area is 111 Å². The Morgan fingerprint density at radius 1 is 1.53 bits per heavy atom. The number of rotatable bonds is 5. The van der Waals surface area contributed by atoms with Crippen LogP contribution < -0.4 is 10.5 Å². The van der Waals surface area contributed by atoms with Gasteiger partial charge in [0, 0.05) is 19.3 Å². The van der Waals surface area contributed by atoms with Crippen molar-refractivity contribution in [3.05, 3.63) is 24.4 Å². The van der Waals surface area contributed by atoms with E-state index in [9.17, 15) is 8.42 Å². The molecule has 0 amide bonds. The minimum Gasteiger partial charge on any atom is -0.383 e. The number of sulfonamides is 1. The minimum atomic E-state index is -3.75. The third kappa shape index (κ3) is 2.70. The second kappa shape index (κ2) is 5.16. The molecule has 0 aliphatic heterocycles. The molecule has 0 saturated carbocycles. The van der Waals surface area contributed by atoms with Crippen LogP contribution in [-0.4, -0.2) is 37.6 Å². The second-order valence-corrected chi connectivity index (χ2v) is 5.84. The first-order valence-corrected chi connectivity index (χ1v) is 7.18. The van der Waals surface area contributed by atoms with E-state index in [0.717, 1.165) is 0 Å².